The van der Waals surface area contributed by atoms with Crippen molar-refractivity contribution in [3.8, 4) is 28.7 Å². The number of amides is 5. The molecule has 0 saturated heterocycles. The minimum Gasteiger partial charge on any atom is -0.497 e. The summed E-state index contributed by atoms with van der Waals surface area (Å²) in [6.45, 7) is 0.523. The maximum Gasteiger partial charge on any atom is 0.260 e. The van der Waals surface area contributed by atoms with Crippen molar-refractivity contribution in [2.45, 2.75) is 63.1 Å². The lowest BCUT2D eigenvalue weighted by Crippen LogP contribution is -2.34. The number of ether oxygens (including phenoxy) is 5. The van der Waals surface area contributed by atoms with E-state index in [1.807, 2.05) is 60.9 Å². The Balaban J connectivity index is 0.822. The zero-order valence-corrected chi connectivity index (χ0v) is 37.9. The van der Waals surface area contributed by atoms with Crippen LogP contribution in [-0.4, -0.2) is 103 Å². The number of carbonyl (C=O) groups is 5. The predicted octanol–water partition coefficient (Wildman–Crippen LogP) is 7.52. The maximum absolute atomic E-state index is 14.1. The summed E-state index contributed by atoms with van der Waals surface area (Å²) >= 11 is 0. The van der Waals surface area contributed by atoms with Crippen molar-refractivity contribution in [3.05, 3.63) is 125 Å². The first-order valence-electron chi connectivity index (χ1n) is 22.5. The minimum atomic E-state index is -0.500. The highest BCUT2D eigenvalue weighted by Crippen LogP contribution is 2.42. The predicted molar refractivity (Wildman–Crippen MR) is 254 cm³/mol. The summed E-state index contributed by atoms with van der Waals surface area (Å²) in [6, 6.07) is 21.1. The van der Waals surface area contributed by atoms with Gasteiger partial charge in [-0.25, -0.2) is 0 Å². The number of nitrogens with two attached hydrogens (primary N) is 1. The van der Waals surface area contributed by atoms with Crippen LogP contribution in [0.15, 0.2) is 107 Å². The van der Waals surface area contributed by atoms with Crippen LogP contribution >= 0.6 is 0 Å². The van der Waals surface area contributed by atoms with Crippen molar-refractivity contribution < 1.29 is 47.7 Å². The molecule has 9 rings (SSSR count). The molecule has 68 heavy (non-hydrogen) atoms. The number of aliphatic imine (C=N–C) groups is 2. The van der Waals surface area contributed by atoms with Crippen LogP contribution in [0.2, 0.25) is 0 Å². The summed E-state index contributed by atoms with van der Waals surface area (Å²) in [5, 5.41) is 0. The summed E-state index contributed by atoms with van der Waals surface area (Å²) in [4.78, 5) is 78.6. The van der Waals surface area contributed by atoms with Crippen molar-refractivity contribution >= 4 is 64.5 Å². The molecule has 0 fully saturated rings. The lowest BCUT2D eigenvalue weighted by atomic mass is 9.95. The molecule has 16 heteroatoms. The quantitative estimate of drug-likeness (QED) is 0.0772. The number of hydrogen-bond acceptors (Lipinski definition) is 12. The molecule has 2 N–H and O–H groups in total. The van der Waals surface area contributed by atoms with E-state index in [2.05, 4.69) is 0 Å². The minimum absolute atomic E-state index is 0.178. The Hall–Kier alpha value is -8.01. The largest absolute Gasteiger partial charge is 0.497 e. The molecule has 4 aromatic rings. The molecule has 0 aromatic heterocycles. The molecule has 4 aromatic carbocycles. The standard InChI is InChI=1S/C52H50N6O10/c1-64-38-15-13-32(14-16-38)35-22-37-28-55-42-26-47(45(66-3)24-40(42)52(63)57(37)30-35)68-20-6-19-67-46-25-41-39(23-44(46)65-2)51(62)56-29-34(21-36(56)27-54-41)31-9-11-33(12-10-31)43(7-4-5-8-48(53)59)58-49(60)17-18-50(58)61/h9-18,23-30,36-37,43H,4-8,19-22H2,1-3H3,(H2,53,59)/t36-,37-,43?/m0/s1. The third-order valence-corrected chi connectivity index (χ3v) is 12.7. The van der Waals surface area contributed by atoms with Crippen LogP contribution in [0.4, 0.5) is 11.4 Å². The molecule has 0 radical (unpaired) electrons. The monoisotopic (exact) mass is 918 g/mol. The van der Waals surface area contributed by atoms with Gasteiger partial charge in [-0.2, -0.15) is 0 Å². The molecule has 5 amide bonds. The van der Waals surface area contributed by atoms with Crippen LogP contribution in [0.25, 0.3) is 11.1 Å². The fraction of sp³-hybridized carbons (Fsp3) is 0.288. The van der Waals surface area contributed by atoms with Gasteiger partial charge in [-0.05, 0) is 64.9 Å². The Morgan fingerprint density at radius 1 is 0.647 bits per heavy atom. The van der Waals surface area contributed by atoms with Crippen LogP contribution < -0.4 is 29.4 Å². The Bertz CT molecular complexity index is 2810. The number of benzene rings is 4. The van der Waals surface area contributed by atoms with Gasteiger partial charge in [-0.1, -0.05) is 42.8 Å². The second kappa shape index (κ2) is 19.5. The number of primary amides is 1. The van der Waals surface area contributed by atoms with Crippen molar-refractivity contribution in [2.24, 2.45) is 15.7 Å². The first-order chi connectivity index (χ1) is 33.0. The Morgan fingerprint density at radius 2 is 1.15 bits per heavy atom. The van der Waals surface area contributed by atoms with Gasteiger partial charge in [-0.3, -0.25) is 38.9 Å². The highest BCUT2D eigenvalue weighted by Gasteiger charge is 2.36. The number of unbranched alkanes of at least 4 members (excludes halogenated alkanes) is 1. The number of imide groups is 1. The van der Waals surface area contributed by atoms with Gasteiger partial charge >= 0.3 is 0 Å². The van der Waals surface area contributed by atoms with E-state index in [0.29, 0.717) is 84.0 Å². The Kier molecular flexibility index (Phi) is 12.9. The molecule has 0 bridgehead atoms. The van der Waals surface area contributed by atoms with Crippen LogP contribution in [0.3, 0.4) is 0 Å². The Labute approximate surface area is 393 Å². The molecule has 5 aliphatic rings. The maximum atomic E-state index is 14.1. The Morgan fingerprint density at radius 3 is 1.62 bits per heavy atom. The van der Waals surface area contributed by atoms with Gasteiger partial charge in [0.2, 0.25) is 5.91 Å². The molecule has 3 atom stereocenters. The fourth-order valence-electron chi connectivity index (χ4n) is 9.09. The summed E-state index contributed by atoms with van der Waals surface area (Å²) in [5.41, 5.74) is 11.7. The molecular formula is C52H50N6O10. The topological polar surface area (TPSA) is 192 Å². The van der Waals surface area contributed by atoms with E-state index in [9.17, 15) is 24.0 Å². The lowest BCUT2D eigenvalue weighted by Gasteiger charge is -2.27. The highest BCUT2D eigenvalue weighted by molar-refractivity contribution is 6.13. The highest BCUT2D eigenvalue weighted by atomic mass is 16.5. The first-order valence-corrected chi connectivity index (χ1v) is 22.5. The van der Waals surface area contributed by atoms with Crippen molar-refractivity contribution in [1.82, 2.24) is 14.7 Å². The summed E-state index contributed by atoms with van der Waals surface area (Å²) in [7, 11) is 4.67. The van der Waals surface area contributed by atoms with Crippen LogP contribution in [0.5, 0.6) is 28.7 Å². The zero-order valence-electron chi connectivity index (χ0n) is 37.9. The van der Waals surface area contributed by atoms with E-state index < -0.39 is 11.9 Å². The van der Waals surface area contributed by atoms with E-state index in [0.717, 1.165) is 33.6 Å². The molecule has 0 spiro atoms. The van der Waals surface area contributed by atoms with Crippen LogP contribution in [0.1, 0.15) is 88.4 Å². The first kappa shape index (κ1) is 45.2. The van der Waals surface area contributed by atoms with E-state index >= 15 is 0 Å². The molecule has 16 nitrogen and oxygen atoms in total. The molecular weight excluding hydrogens is 869 g/mol. The van der Waals surface area contributed by atoms with Crippen molar-refractivity contribution in [1.29, 1.82) is 0 Å². The van der Waals surface area contributed by atoms with Gasteiger partial charge in [0, 0.05) is 74.8 Å². The molecule has 5 aliphatic heterocycles. The second-order valence-corrected chi connectivity index (χ2v) is 16.9. The van der Waals surface area contributed by atoms with Gasteiger partial charge in [0.1, 0.15) is 5.75 Å². The third-order valence-electron chi connectivity index (χ3n) is 12.7. The summed E-state index contributed by atoms with van der Waals surface area (Å²) in [5.74, 6) is 0.857. The molecule has 0 aliphatic carbocycles. The van der Waals surface area contributed by atoms with Crippen molar-refractivity contribution in [2.75, 3.05) is 34.5 Å². The SMILES string of the molecule is COc1ccc(C2=CN3C(=O)c4cc(OC)c(OCCCOc5cc6c(cc5OC)C(=O)N5C=C(c7ccc(C(CCCCC(N)=O)N8C(=O)C=CC8=O)cc7)C[C@H]5C=N6)cc4N=C[C@@H]3C2)cc1. The number of methoxy groups -OCH3 is 3. The van der Waals surface area contributed by atoms with Crippen molar-refractivity contribution in [3.63, 3.8) is 0 Å². The molecule has 0 saturated carbocycles. The molecule has 348 valence electrons. The number of carbonyl (C=O) groups excluding carboxylic acids is 5. The third kappa shape index (κ3) is 9.08. The fourth-order valence-corrected chi connectivity index (χ4v) is 9.09. The van der Waals surface area contributed by atoms with Gasteiger partial charge in [0.15, 0.2) is 23.0 Å². The lowest BCUT2D eigenvalue weighted by molar-refractivity contribution is -0.140. The molecule has 1 unspecified atom stereocenters. The average Bonchev–Trinajstić information content (AvgIpc) is 4.04. The van der Waals surface area contributed by atoms with Crippen LogP contribution in [0, 0.1) is 0 Å². The second-order valence-electron chi connectivity index (χ2n) is 16.9. The normalized spacial score (nSPS) is 18.3. The number of fused-ring (bicyclic) bond motifs is 4. The van der Waals surface area contributed by atoms with Gasteiger partial charge in [0.25, 0.3) is 23.6 Å². The molecule has 5 heterocycles. The number of rotatable bonds is 18. The number of nitrogens with zero attached hydrogens (tertiary/aromatic N) is 5. The van der Waals surface area contributed by atoms with E-state index in [1.54, 1.807) is 53.6 Å². The van der Waals surface area contributed by atoms with Gasteiger partial charge in [-0.15, -0.1) is 0 Å². The zero-order chi connectivity index (χ0) is 47.5. The summed E-state index contributed by atoms with van der Waals surface area (Å²) < 4.78 is 28.9. The van der Waals surface area contributed by atoms with Gasteiger partial charge < -0.3 is 39.2 Å². The van der Waals surface area contributed by atoms with Gasteiger partial charge in [0.05, 0.1) is 75.2 Å². The average molecular weight is 919 g/mol. The van der Waals surface area contributed by atoms with Crippen LogP contribution in [-0.2, 0) is 14.4 Å². The number of hydrogen-bond donors (Lipinski definition) is 1. The van der Waals surface area contributed by atoms with E-state index in [4.69, 9.17) is 39.4 Å². The van der Waals surface area contributed by atoms with E-state index in [-0.39, 0.29) is 55.3 Å². The van der Waals surface area contributed by atoms with E-state index in [1.165, 1.54) is 31.3 Å². The summed E-state index contributed by atoms with van der Waals surface area (Å²) in [6.07, 6.45) is 13.3. The smallest absolute Gasteiger partial charge is 0.260 e.